The Morgan fingerprint density at radius 2 is 1.67 bits per heavy atom. The second kappa shape index (κ2) is 7.11. The summed E-state index contributed by atoms with van der Waals surface area (Å²) in [4.78, 5) is 11.2. The molecule has 1 aromatic carbocycles. The van der Waals surface area contributed by atoms with Gasteiger partial charge in [0.2, 0.25) is 5.75 Å². The van der Waals surface area contributed by atoms with Gasteiger partial charge in [-0.05, 0) is 24.1 Å². The minimum Gasteiger partial charge on any atom is -0.493 e. The molecule has 0 bridgehead atoms. The number of aryl methyl sites for hydroxylation is 1. The number of ketones is 1. The summed E-state index contributed by atoms with van der Waals surface area (Å²) < 4.78 is 15.7. The van der Waals surface area contributed by atoms with Gasteiger partial charge in [-0.3, -0.25) is 4.79 Å². The zero-order chi connectivity index (χ0) is 13.5. The first kappa shape index (κ1) is 14.6. The highest BCUT2D eigenvalue weighted by Gasteiger charge is 2.13. The first-order valence-electron chi connectivity index (χ1n) is 5.52. The topological polar surface area (TPSA) is 44.8 Å². The molecule has 0 saturated heterocycles. The van der Waals surface area contributed by atoms with Crippen LogP contribution in [0.4, 0.5) is 0 Å². The number of rotatable bonds is 7. The van der Waals surface area contributed by atoms with Crippen molar-refractivity contribution in [2.75, 3.05) is 27.2 Å². The number of hydrogen-bond donors (Lipinski definition) is 0. The van der Waals surface area contributed by atoms with E-state index in [1.807, 2.05) is 12.1 Å². The van der Waals surface area contributed by atoms with Gasteiger partial charge in [-0.15, -0.1) is 11.6 Å². The molecule has 1 rings (SSSR count). The summed E-state index contributed by atoms with van der Waals surface area (Å²) in [7, 11) is 4.67. The molecule has 0 atom stereocenters. The van der Waals surface area contributed by atoms with Gasteiger partial charge in [0.1, 0.15) is 5.78 Å². The lowest BCUT2D eigenvalue weighted by atomic mass is 10.1. The number of carbonyl (C=O) groups excluding carboxylic acids is 1. The molecular formula is C13H17ClO4. The number of benzene rings is 1. The Morgan fingerprint density at radius 1 is 1.11 bits per heavy atom. The van der Waals surface area contributed by atoms with E-state index in [2.05, 4.69) is 0 Å². The summed E-state index contributed by atoms with van der Waals surface area (Å²) >= 11 is 5.46. The average Bonchev–Trinajstić information content (AvgIpc) is 2.43. The molecule has 0 fully saturated rings. The first-order chi connectivity index (χ1) is 8.65. The average molecular weight is 273 g/mol. The molecule has 1 aromatic rings. The van der Waals surface area contributed by atoms with Crippen LogP contribution in [0.25, 0.3) is 0 Å². The van der Waals surface area contributed by atoms with E-state index in [1.54, 1.807) is 21.3 Å². The fraction of sp³-hybridized carbons (Fsp3) is 0.462. The zero-order valence-corrected chi connectivity index (χ0v) is 11.5. The van der Waals surface area contributed by atoms with E-state index in [0.29, 0.717) is 30.1 Å². The van der Waals surface area contributed by atoms with E-state index in [1.165, 1.54) is 0 Å². The Morgan fingerprint density at radius 3 is 2.06 bits per heavy atom. The summed E-state index contributed by atoms with van der Waals surface area (Å²) in [6.45, 7) is 0. The fourth-order valence-electron chi connectivity index (χ4n) is 1.63. The third kappa shape index (κ3) is 3.53. The van der Waals surface area contributed by atoms with E-state index in [9.17, 15) is 4.79 Å². The van der Waals surface area contributed by atoms with E-state index in [4.69, 9.17) is 25.8 Å². The number of ether oxygens (including phenoxy) is 3. The van der Waals surface area contributed by atoms with Crippen LogP contribution in [0.3, 0.4) is 0 Å². The third-order valence-corrected chi connectivity index (χ3v) is 2.86. The molecule has 0 amide bonds. The monoisotopic (exact) mass is 272 g/mol. The van der Waals surface area contributed by atoms with E-state index in [0.717, 1.165) is 5.56 Å². The summed E-state index contributed by atoms with van der Waals surface area (Å²) in [6, 6.07) is 3.67. The number of alkyl halides is 1. The lowest BCUT2D eigenvalue weighted by Crippen LogP contribution is -2.02. The zero-order valence-electron chi connectivity index (χ0n) is 10.8. The molecule has 0 spiro atoms. The first-order valence-corrected chi connectivity index (χ1v) is 6.06. The Bertz CT molecular complexity index is 392. The van der Waals surface area contributed by atoms with Crippen LogP contribution < -0.4 is 14.2 Å². The third-order valence-electron chi connectivity index (χ3n) is 2.57. The van der Waals surface area contributed by atoms with E-state index >= 15 is 0 Å². The number of halogens is 1. The van der Waals surface area contributed by atoms with Crippen molar-refractivity contribution >= 4 is 17.4 Å². The Balaban J connectivity index is 2.96. The van der Waals surface area contributed by atoms with Crippen LogP contribution in [0.5, 0.6) is 17.2 Å². The van der Waals surface area contributed by atoms with Crippen LogP contribution in [0.1, 0.15) is 12.0 Å². The van der Waals surface area contributed by atoms with Crippen molar-refractivity contribution < 1.29 is 19.0 Å². The lowest BCUT2D eigenvalue weighted by Gasteiger charge is -2.13. The Hall–Kier alpha value is -1.42. The minimum absolute atomic E-state index is 0.0189. The molecule has 0 unspecified atom stereocenters. The predicted octanol–water partition coefficient (Wildman–Crippen LogP) is 2.45. The molecule has 0 N–H and O–H groups in total. The minimum atomic E-state index is 0.0189. The van der Waals surface area contributed by atoms with E-state index in [-0.39, 0.29) is 11.7 Å². The summed E-state index contributed by atoms with van der Waals surface area (Å²) in [5, 5.41) is 0. The quantitative estimate of drug-likeness (QED) is 0.715. The molecule has 100 valence electrons. The molecule has 0 aliphatic rings. The molecule has 4 nitrogen and oxygen atoms in total. The number of methoxy groups -OCH3 is 3. The van der Waals surface area contributed by atoms with Gasteiger partial charge in [-0.2, -0.15) is 0 Å². The highest BCUT2D eigenvalue weighted by atomic mass is 35.5. The van der Waals surface area contributed by atoms with Crippen LogP contribution in [-0.2, 0) is 11.2 Å². The molecule has 0 aromatic heterocycles. The van der Waals surface area contributed by atoms with Crippen LogP contribution in [0.15, 0.2) is 12.1 Å². The molecular weight excluding hydrogens is 256 g/mol. The van der Waals surface area contributed by atoms with Crippen LogP contribution >= 0.6 is 11.6 Å². The molecule has 5 heteroatoms. The Labute approximate surface area is 112 Å². The van der Waals surface area contributed by atoms with Gasteiger partial charge in [0, 0.05) is 6.42 Å². The van der Waals surface area contributed by atoms with Gasteiger partial charge in [-0.1, -0.05) is 0 Å². The largest absolute Gasteiger partial charge is 0.493 e. The number of carbonyl (C=O) groups is 1. The molecule has 18 heavy (non-hydrogen) atoms. The van der Waals surface area contributed by atoms with Gasteiger partial charge in [0.25, 0.3) is 0 Å². The standard InChI is InChI=1S/C13H17ClO4/c1-16-11-6-9(4-5-10(15)8-14)7-12(17-2)13(11)18-3/h6-7H,4-5,8H2,1-3H3. The van der Waals surface area contributed by atoms with Crippen molar-refractivity contribution in [3.05, 3.63) is 17.7 Å². The van der Waals surface area contributed by atoms with Crippen molar-refractivity contribution in [2.24, 2.45) is 0 Å². The molecule has 0 heterocycles. The SMILES string of the molecule is COc1cc(CCC(=O)CCl)cc(OC)c1OC. The van der Waals surface area contributed by atoms with Gasteiger partial charge >= 0.3 is 0 Å². The Kier molecular flexibility index (Phi) is 5.78. The van der Waals surface area contributed by atoms with Crippen molar-refractivity contribution in [1.82, 2.24) is 0 Å². The van der Waals surface area contributed by atoms with Crippen LogP contribution in [0, 0.1) is 0 Å². The van der Waals surface area contributed by atoms with Crippen LogP contribution in [0.2, 0.25) is 0 Å². The van der Waals surface area contributed by atoms with Gasteiger partial charge in [0.05, 0.1) is 27.2 Å². The summed E-state index contributed by atoms with van der Waals surface area (Å²) in [5.74, 6) is 1.79. The fourth-order valence-corrected chi connectivity index (χ4v) is 1.76. The van der Waals surface area contributed by atoms with Crippen molar-refractivity contribution in [1.29, 1.82) is 0 Å². The highest BCUT2D eigenvalue weighted by molar-refractivity contribution is 6.27. The molecule has 0 aliphatic heterocycles. The van der Waals surface area contributed by atoms with Gasteiger partial charge in [-0.25, -0.2) is 0 Å². The maximum absolute atomic E-state index is 11.2. The smallest absolute Gasteiger partial charge is 0.203 e. The summed E-state index contributed by atoms with van der Waals surface area (Å²) in [6.07, 6.45) is 1.00. The van der Waals surface area contributed by atoms with Crippen LogP contribution in [-0.4, -0.2) is 33.0 Å². The van der Waals surface area contributed by atoms with Gasteiger partial charge in [0.15, 0.2) is 11.5 Å². The second-order valence-corrected chi connectivity index (χ2v) is 3.97. The number of hydrogen-bond acceptors (Lipinski definition) is 4. The predicted molar refractivity (Wildman–Crippen MR) is 70.1 cm³/mol. The van der Waals surface area contributed by atoms with Crippen molar-refractivity contribution in [3.63, 3.8) is 0 Å². The number of Topliss-reactive ketones (excluding diaryl/α,β-unsaturated/α-hetero) is 1. The molecule has 0 radical (unpaired) electrons. The maximum atomic E-state index is 11.2. The van der Waals surface area contributed by atoms with E-state index < -0.39 is 0 Å². The van der Waals surface area contributed by atoms with Gasteiger partial charge < -0.3 is 14.2 Å². The normalized spacial score (nSPS) is 10.0. The summed E-state index contributed by atoms with van der Waals surface area (Å²) in [5.41, 5.74) is 0.947. The van der Waals surface area contributed by atoms with Crippen molar-refractivity contribution in [3.8, 4) is 17.2 Å². The van der Waals surface area contributed by atoms with Crippen molar-refractivity contribution in [2.45, 2.75) is 12.8 Å². The second-order valence-electron chi connectivity index (χ2n) is 3.71. The lowest BCUT2D eigenvalue weighted by molar-refractivity contribution is -0.116. The molecule has 0 saturated carbocycles. The molecule has 0 aliphatic carbocycles. The maximum Gasteiger partial charge on any atom is 0.203 e. The highest BCUT2D eigenvalue weighted by Crippen LogP contribution is 2.38.